The lowest BCUT2D eigenvalue weighted by molar-refractivity contribution is -0.120. The molecule has 1 aliphatic carbocycles. The van der Waals surface area contributed by atoms with Gasteiger partial charge in [0.05, 0.1) is 6.42 Å². The number of nitrogens with one attached hydrogen (secondary N) is 1. The molecule has 1 fully saturated rings. The normalized spacial score (nSPS) is 15.3. The minimum atomic E-state index is 0.0463. The summed E-state index contributed by atoms with van der Waals surface area (Å²) in [7, 11) is 0. The third kappa shape index (κ3) is 3.42. The highest BCUT2D eigenvalue weighted by Gasteiger charge is 2.44. The van der Waals surface area contributed by atoms with E-state index in [1.165, 1.54) is 5.56 Å². The zero-order valence-corrected chi connectivity index (χ0v) is 13.1. The molecule has 0 atom stereocenters. The zero-order chi connectivity index (χ0) is 15.6. The highest BCUT2D eigenvalue weighted by atomic mass is 35.5. The number of rotatable bonds is 5. The Labute approximate surface area is 135 Å². The molecule has 114 valence electrons. The van der Waals surface area contributed by atoms with Gasteiger partial charge in [-0.25, -0.2) is 0 Å². The van der Waals surface area contributed by atoms with Gasteiger partial charge in [0.25, 0.3) is 0 Å². The number of nitrogen functional groups attached to an aromatic ring is 1. The first-order chi connectivity index (χ1) is 10.6. The number of hydrogen-bond donors (Lipinski definition) is 2. The van der Waals surface area contributed by atoms with Gasteiger partial charge in [-0.3, -0.25) is 4.79 Å². The van der Waals surface area contributed by atoms with E-state index in [0.29, 0.717) is 18.7 Å². The fourth-order valence-electron chi connectivity index (χ4n) is 2.67. The molecule has 1 aliphatic rings. The molecule has 3 rings (SSSR count). The monoisotopic (exact) mass is 314 g/mol. The van der Waals surface area contributed by atoms with Crippen molar-refractivity contribution in [2.75, 3.05) is 12.3 Å². The third-order valence-corrected chi connectivity index (χ3v) is 4.53. The Kier molecular flexibility index (Phi) is 4.08. The molecular formula is C18H19ClN2O. The highest BCUT2D eigenvalue weighted by Crippen LogP contribution is 2.47. The molecule has 0 aliphatic heterocycles. The van der Waals surface area contributed by atoms with E-state index in [-0.39, 0.29) is 11.3 Å². The molecular weight excluding hydrogens is 296 g/mol. The SMILES string of the molecule is Nc1ccc(CC(=O)NCC2(c3ccc(Cl)cc3)CC2)cc1. The van der Waals surface area contributed by atoms with Crippen molar-refractivity contribution in [1.82, 2.24) is 5.32 Å². The van der Waals surface area contributed by atoms with Crippen LogP contribution in [0.15, 0.2) is 48.5 Å². The van der Waals surface area contributed by atoms with Crippen molar-refractivity contribution in [3.05, 3.63) is 64.7 Å². The summed E-state index contributed by atoms with van der Waals surface area (Å²) in [6, 6.07) is 15.3. The molecule has 0 unspecified atom stereocenters. The van der Waals surface area contributed by atoms with Crippen LogP contribution in [0.4, 0.5) is 5.69 Å². The second-order valence-electron chi connectivity index (χ2n) is 5.98. The van der Waals surface area contributed by atoms with E-state index >= 15 is 0 Å². The Morgan fingerprint density at radius 1 is 1.09 bits per heavy atom. The van der Waals surface area contributed by atoms with Crippen LogP contribution in [0.3, 0.4) is 0 Å². The van der Waals surface area contributed by atoms with E-state index in [1.807, 2.05) is 36.4 Å². The van der Waals surface area contributed by atoms with E-state index in [4.69, 9.17) is 17.3 Å². The van der Waals surface area contributed by atoms with Crippen LogP contribution in [0.2, 0.25) is 5.02 Å². The Morgan fingerprint density at radius 2 is 1.73 bits per heavy atom. The number of amides is 1. The summed E-state index contributed by atoms with van der Waals surface area (Å²) < 4.78 is 0. The lowest BCUT2D eigenvalue weighted by Crippen LogP contribution is -2.33. The zero-order valence-electron chi connectivity index (χ0n) is 12.3. The van der Waals surface area contributed by atoms with Gasteiger partial charge in [0.15, 0.2) is 0 Å². The van der Waals surface area contributed by atoms with Crippen molar-refractivity contribution in [2.24, 2.45) is 0 Å². The molecule has 0 bridgehead atoms. The summed E-state index contributed by atoms with van der Waals surface area (Å²) in [6.45, 7) is 0.683. The van der Waals surface area contributed by atoms with Crippen molar-refractivity contribution in [2.45, 2.75) is 24.7 Å². The second-order valence-corrected chi connectivity index (χ2v) is 6.42. The van der Waals surface area contributed by atoms with Crippen molar-refractivity contribution in [1.29, 1.82) is 0 Å². The number of carbonyl (C=O) groups is 1. The van der Waals surface area contributed by atoms with Gasteiger partial charge in [-0.1, -0.05) is 35.9 Å². The lowest BCUT2D eigenvalue weighted by Gasteiger charge is -2.17. The standard InChI is InChI=1S/C18H19ClN2O/c19-15-5-3-14(4-6-15)18(9-10-18)12-21-17(22)11-13-1-7-16(20)8-2-13/h1-8H,9-12,20H2,(H,21,22). The summed E-state index contributed by atoms with van der Waals surface area (Å²) in [5.74, 6) is 0.0463. The van der Waals surface area contributed by atoms with Gasteiger partial charge < -0.3 is 11.1 Å². The molecule has 0 heterocycles. The lowest BCUT2D eigenvalue weighted by atomic mass is 9.96. The number of hydrogen-bond acceptors (Lipinski definition) is 2. The smallest absolute Gasteiger partial charge is 0.224 e. The highest BCUT2D eigenvalue weighted by molar-refractivity contribution is 6.30. The van der Waals surface area contributed by atoms with Crippen LogP contribution in [0.25, 0.3) is 0 Å². The molecule has 0 saturated heterocycles. The summed E-state index contributed by atoms with van der Waals surface area (Å²) in [5, 5.41) is 3.80. The fourth-order valence-corrected chi connectivity index (χ4v) is 2.80. The predicted octanol–water partition coefficient (Wildman–Crippen LogP) is 3.31. The predicted molar refractivity (Wildman–Crippen MR) is 89.9 cm³/mol. The first kappa shape index (κ1) is 14.9. The molecule has 0 radical (unpaired) electrons. The van der Waals surface area contributed by atoms with Gasteiger partial charge in [-0.15, -0.1) is 0 Å². The molecule has 0 spiro atoms. The van der Waals surface area contributed by atoms with Crippen LogP contribution in [0, 0.1) is 0 Å². The minimum Gasteiger partial charge on any atom is -0.399 e. The van der Waals surface area contributed by atoms with E-state index in [1.54, 1.807) is 0 Å². The minimum absolute atomic E-state index is 0.0463. The maximum atomic E-state index is 12.1. The first-order valence-corrected chi connectivity index (χ1v) is 7.82. The molecule has 1 saturated carbocycles. The summed E-state index contributed by atoms with van der Waals surface area (Å²) in [6.07, 6.45) is 2.60. The van der Waals surface area contributed by atoms with Crippen molar-refractivity contribution < 1.29 is 4.79 Å². The molecule has 2 aromatic carbocycles. The average molecular weight is 315 g/mol. The second kappa shape index (κ2) is 6.01. The van der Waals surface area contributed by atoms with Crippen LogP contribution in [-0.2, 0) is 16.6 Å². The molecule has 3 nitrogen and oxygen atoms in total. The Hall–Kier alpha value is -2.00. The fraction of sp³-hybridized carbons (Fsp3) is 0.278. The van der Waals surface area contributed by atoms with E-state index < -0.39 is 0 Å². The number of halogens is 1. The first-order valence-electron chi connectivity index (χ1n) is 7.45. The van der Waals surface area contributed by atoms with Crippen LogP contribution in [0.5, 0.6) is 0 Å². The van der Waals surface area contributed by atoms with E-state index in [2.05, 4.69) is 17.4 Å². The number of nitrogens with two attached hydrogens (primary N) is 1. The third-order valence-electron chi connectivity index (χ3n) is 4.28. The quantitative estimate of drug-likeness (QED) is 0.832. The number of anilines is 1. The van der Waals surface area contributed by atoms with Crippen molar-refractivity contribution in [3.63, 3.8) is 0 Å². The van der Waals surface area contributed by atoms with Crippen LogP contribution in [0.1, 0.15) is 24.0 Å². The van der Waals surface area contributed by atoms with Crippen LogP contribution in [-0.4, -0.2) is 12.5 Å². The Balaban J connectivity index is 1.56. The maximum absolute atomic E-state index is 12.1. The summed E-state index contributed by atoms with van der Waals surface area (Å²) >= 11 is 5.93. The Bertz CT molecular complexity index is 660. The molecule has 4 heteroatoms. The van der Waals surface area contributed by atoms with Gasteiger partial charge in [-0.2, -0.15) is 0 Å². The van der Waals surface area contributed by atoms with Gasteiger partial charge >= 0.3 is 0 Å². The van der Waals surface area contributed by atoms with E-state index in [0.717, 1.165) is 23.4 Å². The molecule has 2 aromatic rings. The summed E-state index contributed by atoms with van der Waals surface area (Å²) in [5.41, 5.74) is 8.69. The van der Waals surface area contributed by atoms with Crippen molar-refractivity contribution >= 4 is 23.2 Å². The van der Waals surface area contributed by atoms with Gasteiger partial charge in [0.2, 0.25) is 5.91 Å². The van der Waals surface area contributed by atoms with Gasteiger partial charge in [0.1, 0.15) is 0 Å². The Morgan fingerprint density at radius 3 is 2.32 bits per heavy atom. The number of benzene rings is 2. The average Bonchev–Trinajstić information content (AvgIpc) is 3.30. The summed E-state index contributed by atoms with van der Waals surface area (Å²) in [4.78, 5) is 12.1. The topological polar surface area (TPSA) is 55.1 Å². The molecule has 3 N–H and O–H groups in total. The molecule has 1 amide bonds. The van der Waals surface area contributed by atoms with Crippen molar-refractivity contribution in [3.8, 4) is 0 Å². The van der Waals surface area contributed by atoms with Crippen LogP contribution < -0.4 is 11.1 Å². The maximum Gasteiger partial charge on any atom is 0.224 e. The molecule has 0 aromatic heterocycles. The van der Waals surface area contributed by atoms with Gasteiger partial charge in [-0.05, 0) is 48.2 Å². The van der Waals surface area contributed by atoms with Crippen LogP contribution >= 0.6 is 11.6 Å². The molecule has 22 heavy (non-hydrogen) atoms. The van der Waals surface area contributed by atoms with Gasteiger partial charge in [0, 0.05) is 22.7 Å². The largest absolute Gasteiger partial charge is 0.399 e. The number of carbonyl (C=O) groups excluding carboxylic acids is 1. The van der Waals surface area contributed by atoms with E-state index in [9.17, 15) is 4.79 Å².